The van der Waals surface area contributed by atoms with Gasteiger partial charge in [-0.2, -0.15) is 18.2 Å². The molecule has 0 aliphatic carbocycles. The first-order chi connectivity index (χ1) is 15.5. The van der Waals surface area contributed by atoms with Crippen LogP contribution < -0.4 is 17.2 Å². The highest BCUT2D eigenvalue weighted by molar-refractivity contribution is 7.85. The van der Waals surface area contributed by atoms with Crippen LogP contribution in [0.4, 0.5) is 18.9 Å². The van der Waals surface area contributed by atoms with Crippen molar-refractivity contribution in [3.8, 4) is 11.1 Å². The zero-order chi connectivity index (χ0) is 24.2. The molecule has 0 amide bonds. The summed E-state index contributed by atoms with van der Waals surface area (Å²) >= 11 is 6.23. The minimum absolute atomic E-state index is 0.130. The highest BCUT2D eigenvalue weighted by atomic mass is 35.5. The number of guanidine groups is 2. The number of halogens is 4. The Morgan fingerprint density at radius 2 is 1.88 bits per heavy atom. The molecular weight excluding hydrogens is 477 g/mol. The Morgan fingerprint density at radius 3 is 2.45 bits per heavy atom. The molecule has 0 aromatic heterocycles. The zero-order valence-corrected chi connectivity index (χ0v) is 18.9. The highest BCUT2D eigenvalue weighted by Gasteiger charge is 2.35. The lowest BCUT2D eigenvalue weighted by atomic mass is 9.98. The van der Waals surface area contributed by atoms with Gasteiger partial charge in [0.25, 0.3) is 0 Å². The Bertz CT molecular complexity index is 1130. The van der Waals surface area contributed by atoms with E-state index in [0.29, 0.717) is 10.6 Å². The van der Waals surface area contributed by atoms with Crippen molar-refractivity contribution in [2.24, 2.45) is 38.1 Å². The summed E-state index contributed by atoms with van der Waals surface area (Å²) in [4.78, 5) is 12.0. The lowest BCUT2D eigenvalue weighted by molar-refractivity contribution is -0.137. The van der Waals surface area contributed by atoms with Gasteiger partial charge in [-0.25, -0.2) is 4.99 Å². The molecule has 2 unspecified atom stereocenters. The van der Waals surface area contributed by atoms with Crippen LogP contribution in [0.2, 0.25) is 5.02 Å². The van der Waals surface area contributed by atoms with Gasteiger partial charge in [-0.15, -0.1) is 0 Å². The maximum Gasteiger partial charge on any atom is 0.417 e. The highest BCUT2D eigenvalue weighted by Crippen LogP contribution is 2.43. The maximum absolute atomic E-state index is 13.8. The first-order valence-electron chi connectivity index (χ1n) is 9.88. The van der Waals surface area contributed by atoms with E-state index in [0.717, 1.165) is 25.5 Å². The largest absolute Gasteiger partial charge is 0.417 e. The molecule has 1 heterocycles. The molecule has 0 saturated heterocycles. The van der Waals surface area contributed by atoms with E-state index in [1.54, 1.807) is 12.1 Å². The van der Waals surface area contributed by atoms with Crippen molar-refractivity contribution in [1.29, 1.82) is 0 Å². The Kier molecular flexibility index (Phi) is 7.75. The molecule has 6 N–H and O–H groups in total. The number of aliphatic imine (C=N–C) groups is 3. The standard InChI is InChI=1S/C21H22ClF3N6OS/c22-17-9-14(30-20(28)31-19(26)27)8-16(21(23,24)25)18(17)13-3-5-15(6-4-13)33(32)11-12-2-1-7-29-10-12/h3-6,8-10,12H,1-2,7,11H2,(H6,26,27,28,30,31). The van der Waals surface area contributed by atoms with Crippen LogP contribution in [0.3, 0.4) is 0 Å². The second-order valence-electron chi connectivity index (χ2n) is 7.35. The van der Waals surface area contributed by atoms with Crippen molar-refractivity contribution in [1.82, 2.24) is 0 Å². The molecule has 3 rings (SSSR count). The van der Waals surface area contributed by atoms with Crippen LogP contribution >= 0.6 is 11.6 Å². The summed E-state index contributed by atoms with van der Waals surface area (Å²) in [5.41, 5.74) is 14.7. The van der Waals surface area contributed by atoms with Crippen LogP contribution in [0.15, 0.2) is 56.3 Å². The van der Waals surface area contributed by atoms with Crippen molar-refractivity contribution in [2.45, 2.75) is 23.9 Å². The summed E-state index contributed by atoms with van der Waals surface area (Å²) in [5, 5.41) is -0.187. The molecule has 2 aromatic rings. The van der Waals surface area contributed by atoms with E-state index in [1.807, 2.05) is 6.21 Å². The predicted molar refractivity (Wildman–Crippen MR) is 126 cm³/mol. The van der Waals surface area contributed by atoms with Gasteiger partial charge >= 0.3 is 6.18 Å². The second-order valence-corrected chi connectivity index (χ2v) is 9.25. The summed E-state index contributed by atoms with van der Waals surface area (Å²) in [7, 11) is -1.30. The molecule has 1 aliphatic rings. The average Bonchev–Trinajstić information content (AvgIpc) is 2.73. The Morgan fingerprint density at radius 1 is 1.18 bits per heavy atom. The van der Waals surface area contributed by atoms with Crippen molar-refractivity contribution >= 4 is 46.2 Å². The van der Waals surface area contributed by atoms with Crippen LogP contribution in [-0.4, -0.2) is 34.6 Å². The monoisotopic (exact) mass is 498 g/mol. The molecule has 33 heavy (non-hydrogen) atoms. The fraction of sp³-hybridized carbons (Fsp3) is 0.286. The molecule has 0 bridgehead atoms. The Hall–Kier alpha value is -2.92. The van der Waals surface area contributed by atoms with Crippen LogP contribution in [0.5, 0.6) is 0 Å². The number of nitrogens with zero attached hydrogens (tertiary/aromatic N) is 3. The predicted octanol–water partition coefficient (Wildman–Crippen LogP) is 3.83. The van der Waals surface area contributed by atoms with Gasteiger partial charge in [-0.1, -0.05) is 23.7 Å². The maximum atomic E-state index is 13.8. The molecular formula is C21H22ClF3N6OS. The van der Waals surface area contributed by atoms with Gasteiger partial charge < -0.3 is 17.2 Å². The van der Waals surface area contributed by atoms with Gasteiger partial charge in [0, 0.05) is 34.9 Å². The fourth-order valence-corrected chi connectivity index (χ4v) is 4.99. The smallest absolute Gasteiger partial charge is 0.370 e. The number of rotatable bonds is 5. The zero-order valence-electron chi connectivity index (χ0n) is 17.3. The molecule has 12 heteroatoms. The quantitative estimate of drug-likeness (QED) is 0.426. The van der Waals surface area contributed by atoms with Crippen LogP contribution in [0.25, 0.3) is 11.1 Å². The molecule has 0 saturated carbocycles. The number of benzene rings is 2. The van der Waals surface area contributed by atoms with E-state index in [4.69, 9.17) is 28.8 Å². The number of alkyl halides is 3. The Balaban J connectivity index is 1.94. The van der Waals surface area contributed by atoms with E-state index in [2.05, 4.69) is 15.0 Å². The lowest BCUT2D eigenvalue weighted by Gasteiger charge is -2.17. The SMILES string of the molecule is NC(N)=NC(N)=Nc1cc(Cl)c(-c2ccc(S(=O)CC3C=NCCC3)cc2)c(C(F)(F)F)c1. The van der Waals surface area contributed by atoms with E-state index >= 15 is 0 Å². The second kappa shape index (κ2) is 10.3. The number of hydrogen-bond acceptors (Lipinski definition) is 3. The third-order valence-corrected chi connectivity index (χ3v) is 6.64. The van der Waals surface area contributed by atoms with Crippen molar-refractivity contribution in [3.05, 3.63) is 47.0 Å². The van der Waals surface area contributed by atoms with Crippen LogP contribution in [0.1, 0.15) is 18.4 Å². The third kappa shape index (κ3) is 6.55. The van der Waals surface area contributed by atoms with E-state index in [-0.39, 0.29) is 33.7 Å². The van der Waals surface area contributed by atoms with Gasteiger partial charge in [0.1, 0.15) is 0 Å². The molecule has 1 aliphatic heterocycles. The number of nitrogens with two attached hydrogens (primary N) is 3. The van der Waals surface area contributed by atoms with E-state index < -0.39 is 28.5 Å². The van der Waals surface area contributed by atoms with Gasteiger partial charge in [0.05, 0.1) is 27.1 Å². The molecule has 2 atom stereocenters. The van der Waals surface area contributed by atoms with E-state index in [1.165, 1.54) is 18.2 Å². The summed E-state index contributed by atoms with van der Waals surface area (Å²) in [6.07, 6.45) is -1.03. The molecule has 2 aromatic carbocycles. The normalized spacial score (nSPS) is 17.6. The summed E-state index contributed by atoms with van der Waals surface area (Å²) < 4.78 is 54.2. The fourth-order valence-electron chi connectivity index (χ4n) is 3.40. The summed E-state index contributed by atoms with van der Waals surface area (Å²) in [6.45, 7) is 0.783. The van der Waals surface area contributed by atoms with Crippen LogP contribution in [0, 0.1) is 5.92 Å². The summed E-state index contributed by atoms with van der Waals surface area (Å²) in [6, 6.07) is 8.07. The molecule has 0 fully saturated rings. The Labute approximate surface area is 196 Å². The molecule has 176 valence electrons. The topological polar surface area (TPSA) is 132 Å². The first-order valence-corrected chi connectivity index (χ1v) is 11.6. The van der Waals surface area contributed by atoms with Gasteiger partial charge in [0.2, 0.25) is 5.96 Å². The van der Waals surface area contributed by atoms with Gasteiger partial charge in [-0.3, -0.25) is 9.20 Å². The van der Waals surface area contributed by atoms with Crippen molar-refractivity contribution in [2.75, 3.05) is 12.3 Å². The minimum atomic E-state index is -4.72. The molecule has 0 radical (unpaired) electrons. The average molecular weight is 499 g/mol. The van der Waals surface area contributed by atoms with Gasteiger partial charge in [0.15, 0.2) is 5.96 Å². The van der Waals surface area contributed by atoms with Crippen LogP contribution in [-0.2, 0) is 17.0 Å². The van der Waals surface area contributed by atoms with E-state index in [9.17, 15) is 17.4 Å². The third-order valence-electron chi connectivity index (χ3n) is 4.82. The van der Waals surface area contributed by atoms with Crippen molar-refractivity contribution in [3.63, 3.8) is 0 Å². The first kappa shape index (κ1) is 24.7. The van der Waals surface area contributed by atoms with Gasteiger partial charge in [-0.05, 0) is 42.7 Å². The molecule has 0 spiro atoms. The minimum Gasteiger partial charge on any atom is -0.370 e. The van der Waals surface area contributed by atoms with Crippen molar-refractivity contribution < 1.29 is 17.4 Å². The molecule has 7 nitrogen and oxygen atoms in total. The number of hydrogen-bond donors (Lipinski definition) is 3. The summed E-state index contributed by atoms with van der Waals surface area (Å²) in [5.74, 6) is -0.253. The lowest BCUT2D eigenvalue weighted by Crippen LogP contribution is -2.26.